The summed E-state index contributed by atoms with van der Waals surface area (Å²) in [5.74, 6) is -1.94. The lowest BCUT2D eigenvalue weighted by Crippen LogP contribution is -2.25. The Morgan fingerprint density at radius 1 is 1.35 bits per heavy atom. The van der Waals surface area contributed by atoms with E-state index in [9.17, 15) is 9.36 Å². The van der Waals surface area contributed by atoms with E-state index in [0.717, 1.165) is 5.56 Å². The largest absolute Gasteiger partial charge is 0.478 e. The Kier molecular flexibility index (Phi) is 4.42. The van der Waals surface area contributed by atoms with E-state index in [4.69, 9.17) is 14.9 Å². The molecule has 0 amide bonds. The number of hydrogen-bond acceptors (Lipinski definition) is 3. The Balaban J connectivity index is 2.59. The maximum absolute atomic E-state index is 10.9. The molecule has 0 radical (unpaired) electrons. The summed E-state index contributed by atoms with van der Waals surface area (Å²) in [4.78, 5) is 28.3. The van der Waals surface area contributed by atoms with Gasteiger partial charge in [-0.3, -0.25) is 9.88 Å². The molecule has 0 aliphatic heterocycles. The van der Waals surface area contributed by atoms with Crippen molar-refractivity contribution in [1.29, 1.82) is 0 Å². The van der Waals surface area contributed by atoms with Gasteiger partial charge in [0.05, 0.1) is 5.56 Å². The van der Waals surface area contributed by atoms with E-state index in [0.29, 0.717) is 0 Å². The highest BCUT2D eigenvalue weighted by molar-refractivity contribution is 7.52. The average molecular weight is 259 g/mol. The van der Waals surface area contributed by atoms with Crippen LogP contribution in [0.25, 0.3) is 0 Å². The van der Waals surface area contributed by atoms with E-state index in [1.165, 1.54) is 19.1 Å². The van der Waals surface area contributed by atoms with Crippen molar-refractivity contribution in [1.82, 2.24) is 5.32 Å². The molecule has 1 aromatic carbocycles. The molecule has 0 spiro atoms. The quantitative estimate of drug-likeness (QED) is 0.588. The third-order valence-electron chi connectivity index (χ3n) is 2.31. The van der Waals surface area contributed by atoms with Gasteiger partial charge in [0.25, 0.3) is 0 Å². The first-order valence-electron chi connectivity index (χ1n) is 4.91. The molecule has 0 saturated carbocycles. The second-order valence-corrected chi connectivity index (χ2v) is 5.60. The van der Waals surface area contributed by atoms with E-state index >= 15 is 0 Å². The summed E-state index contributed by atoms with van der Waals surface area (Å²) in [6.07, 6.45) is 0. The summed E-state index contributed by atoms with van der Waals surface area (Å²) in [7, 11) is -4.12. The molecule has 0 heterocycles. The summed E-state index contributed by atoms with van der Waals surface area (Å²) < 4.78 is 10.9. The number of carboxylic acids is 1. The summed E-state index contributed by atoms with van der Waals surface area (Å²) in [6.45, 7) is 1.67. The SMILES string of the molecule is CC(NCc1ccc(C(=O)O)cc1)P(=O)(O)O. The molecular formula is C10H14NO5P. The van der Waals surface area contributed by atoms with Crippen LogP contribution < -0.4 is 5.32 Å². The Morgan fingerprint density at radius 2 is 1.88 bits per heavy atom. The number of aromatic carboxylic acids is 1. The normalized spacial score (nSPS) is 13.4. The van der Waals surface area contributed by atoms with Crippen molar-refractivity contribution >= 4 is 13.6 Å². The van der Waals surface area contributed by atoms with Gasteiger partial charge in [-0.2, -0.15) is 0 Å². The van der Waals surface area contributed by atoms with Gasteiger partial charge in [-0.15, -0.1) is 0 Å². The highest BCUT2D eigenvalue weighted by Gasteiger charge is 2.22. The summed E-state index contributed by atoms with van der Waals surface area (Å²) in [5.41, 5.74) is 0.937. The van der Waals surface area contributed by atoms with Crippen LogP contribution in [0.15, 0.2) is 24.3 Å². The van der Waals surface area contributed by atoms with Crippen molar-refractivity contribution in [3.63, 3.8) is 0 Å². The Bertz CT molecular complexity index is 439. The zero-order chi connectivity index (χ0) is 13.1. The van der Waals surface area contributed by atoms with Crippen molar-refractivity contribution in [2.45, 2.75) is 19.3 Å². The molecule has 0 saturated heterocycles. The van der Waals surface area contributed by atoms with Crippen LogP contribution in [0.5, 0.6) is 0 Å². The zero-order valence-corrected chi connectivity index (χ0v) is 10.1. The second kappa shape index (κ2) is 5.42. The molecule has 0 aromatic heterocycles. The van der Waals surface area contributed by atoms with Crippen molar-refractivity contribution < 1.29 is 24.3 Å². The van der Waals surface area contributed by atoms with Gasteiger partial charge in [-0.05, 0) is 24.6 Å². The average Bonchev–Trinajstić information content (AvgIpc) is 2.25. The number of rotatable bonds is 5. The molecular weight excluding hydrogens is 245 g/mol. The number of carbonyl (C=O) groups is 1. The minimum Gasteiger partial charge on any atom is -0.478 e. The molecule has 1 aromatic rings. The molecule has 1 atom stereocenters. The van der Waals surface area contributed by atoms with Crippen LogP contribution in [0, 0.1) is 0 Å². The first-order chi connectivity index (χ1) is 7.80. The van der Waals surface area contributed by atoms with Crippen molar-refractivity contribution in [3.8, 4) is 0 Å². The molecule has 0 bridgehead atoms. The molecule has 0 aliphatic rings. The lowest BCUT2D eigenvalue weighted by atomic mass is 10.1. The smallest absolute Gasteiger partial charge is 0.342 e. The van der Waals surface area contributed by atoms with E-state index in [2.05, 4.69) is 5.32 Å². The van der Waals surface area contributed by atoms with Gasteiger partial charge in [0, 0.05) is 6.54 Å². The van der Waals surface area contributed by atoms with Crippen molar-refractivity contribution in [2.75, 3.05) is 0 Å². The molecule has 1 rings (SSSR count). The van der Waals surface area contributed by atoms with Crippen molar-refractivity contribution in [2.24, 2.45) is 0 Å². The molecule has 4 N–H and O–H groups in total. The molecule has 0 fully saturated rings. The first-order valence-corrected chi connectivity index (χ1v) is 6.59. The second-order valence-electron chi connectivity index (χ2n) is 3.65. The highest BCUT2D eigenvalue weighted by atomic mass is 31.2. The van der Waals surface area contributed by atoms with E-state index < -0.39 is 19.3 Å². The van der Waals surface area contributed by atoms with Crippen LogP contribution in [-0.2, 0) is 11.1 Å². The van der Waals surface area contributed by atoms with Gasteiger partial charge >= 0.3 is 13.6 Å². The highest BCUT2D eigenvalue weighted by Crippen LogP contribution is 2.39. The van der Waals surface area contributed by atoms with Crippen LogP contribution in [0.2, 0.25) is 0 Å². The molecule has 6 nitrogen and oxygen atoms in total. The Hall–Kier alpha value is -1.20. The minimum atomic E-state index is -4.12. The molecule has 0 aliphatic carbocycles. The van der Waals surface area contributed by atoms with Gasteiger partial charge in [0.15, 0.2) is 0 Å². The van der Waals surface area contributed by atoms with Gasteiger partial charge in [-0.25, -0.2) is 4.79 Å². The van der Waals surface area contributed by atoms with Crippen LogP contribution in [0.3, 0.4) is 0 Å². The maximum atomic E-state index is 10.9. The van der Waals surface area contributed by atoms with Gasteiger partial charge in [0.1, 0.15) is 5.78 Å². The van der Waals surface area contributed by atoms with E-state index in [1.54, 1.807) is 12.1 Å². The van der Waals surface area contributed by atoms with Gasteiger partial charge in [0.2, 0.25) is 0 Å². The lowest BCUT2D eigenvalue weighted by Gasteiger charge is -2.15. The molecule has 94 valence electrons. The topological polar surface area (TPSA) is 107 Å². The van der Waals surface area contributed by atoms with Crippen molar-refractivity contribution in [3.05, 3.63) is 35.4 Å². The van der Waals surface area contributed by atoms with Gasteiger partial charge in [-0.1, -0.05) is 12.1 Å². The minimum absolute atomic E-state index is 0.178. The monoisotopic (exact) mass is 259 g/mol. The van der Waals surface area contributed by atoms with Crippen LogP contribution >= 0.6 is 7.60 Å². The first kappa shape index (κ1) is 13.9. The molecule has 1 unspecified atom stereocenters. The fraction of sp³-hybridized carbons (Fsp3) is 0.300. The zero-order valence-electron chi connectivity index (χ0n) is 9.20. The molecule has 7 heteroatoms. The summed E-state index contributed by atoms with van der Waals surface area (Å²) in [6, 6.07) is 6.09. The predicted octanol–water partition coefficient (Wildman–Crippen LogP) is 0.998. The summed E-state index contributed by atoms with van der Waals surface area (Å²) >= 11 is 0. The van der Waals surface area contributed by atoms with Crippen LogP contribution in [-0.4, -0.2) is 26.6 Å². The Morgan fingerprint density at radius 3 is 2.29 bits per heavy atom. The number of hydrogen-bond donors (Lipinski definition) is 4. The fourth-order valence-corrected chi connectivity index (χ4v) is 1.48. The van der Waals surface area contributed by atoms with Crippen LogP contribution in [0.1, 0.15) is 22.8 Å². The fourth-order valence-electron chi connectivity index (χ4n) is 1.15. The van der Waals surface area contributed by atoms with Crippen LogP contribution in [0.4, 0.5) is 0 Å². The maximum Gasteiger partial charge on any atom is 0.342 e. The Labute approximate surface area is 98.4 Å². The number of benzene rings is 1. The predicted molar refractivity (Wildman–Crippen MR) is 61.7 cm³/mol. The molecule has 17 heavy (non-hydrogen) atoms. The van der Waals surface area contributed by atoms with Gasteiger partial charge < -0.3 is 14.9 Å². The number of carboxylic acid groups (broad SMARTS) is 1. The number of nitrogens with one attached hydrogen (secondary N) is 1. The third kappa shape index (κ3) is 4.28. The van der Waals surface area contributed by atoms with E-state index in [1.807, 2.05) is 0 Å². The third-order valence-corrected chi connectivity index (χ3v) is 3.50. The standard InChI is InChI=1S/C10H14NO5P/c1-7(17(14,15)16)11-6-8-2-4-9(5-3-8)10(12)13/h2-5,7,11H,6H2,1H3,(H,12,13)(H2,14,15,16). The summed E-state index contributed by atoms with van der Waals surface area (Å²) in [5, 5.41) is 11.4. The van der Waals surface area contributed by atoms with E-state index in [-0.39, 0.29) is 12.1 Å². The lowest BCUT2D eigenvalue weighted by molar-refractivity contribution is 0.0697.